The maximum absolute atomic E-state index is 11.8. The summed E-state index contributed by atoms with van der Waals surface area (Å²) in [6, 6.07) is 6.51. The monoisotopic (exact) mass is 289 g/mol. The van der Waals surface area contributed by atoms with Gasteiger partial charge in [0, 0.05) is 0 Å². The molecule has 1 fully saturated rings. The first-order valence-corrected chi connectivity index (χ1v) is 8.54. The number of hydrogen-bond acceptors (Lipinski definition) is 5. The third-order valence-electron chi connectivity index (χ3n) is 2.87. The Bertz CT molecular complexity index is 511. The molecule has 0 unspecified atom stereocenters. The molecule has 98 valence electrons. The first kappa shape index (κ1) is 12.0. The third-order valence-corrected chi connectivity index (χ3v) is 5.97. The average molecular weight is 290 g/mol. The van der Waals surface area contributed by atoms with Crippen LogP contribution in [-0.4, -0.2) is 12.0 Å². The number of para-hydroxylation sites is 2. The molecule has 0 bridgehead atoms. The van der Waals surface area contributed by atoms with Gasteiger partial charge in [0.15, 0.2) is 0 Å². The van der Waals surface area contributed by atoms with E-state index in [1.807, 2.05) is 13.8 Å². The molecular formula is C11H13ClNO4P. The fraction of sp³-hybridized carbons (Fsp3) is 0.364. The van der Waals surface area contributed by atoms with Crippen molar-refractivity contribution in [3.63, 3.8) is 0 Å². The van der Waals surface area contributed by atoms with E-state index < -0.39 is 18.8 Å². The number of fused-ring (bicyclic) bond motifs is 1. The Morgan fingerprint density at radius 2 is 1.78 bits per heavy atom. The van der Waals surface area contributed by atoms with Gasteiger partial charge in [-0.05, 0) is 0 Å². The van der Waals surface area contributed by atoms with Crippen LogP contribution in [0.15, 0.2) is 24.3 Å². The number of carbonyl (C=O) groups is 1. The summed E-state index contributed by atoms with van der Waals surface area (Å²) in [4.78, 5) is 11.8. The van der Waals surface area contributed by atoms with Crippen LogP contribution in [0.4, 0.5) is 0 Å². The van der Waals surface area contributed by atoms with E-state index in [9.17, 15) is 4.79 Å². The van der Waals surface area contributed by atoms with E-state index >= 15 is 0 Å². The summed E-state index contributed by atoms with van der Waals surface area (Å²) in [5, 5.41) is 2.92. The number of carbonyl (C=O) groups excluding carboxylic acids is 1. The third kappa shape index (κ3) is 1.66. The number of nitrogens with one attached hydrogen (secondary N) is 1. The van der Waals surface area contributed by atoms with E-state index in [0.717, 1.165) is 0 Å². The topological polar surface area (TPSA) is 56.8 Å². The first-order chi connectivity index (χ1) is 8.39. The summed E-state index contributed by atoms with van der Waals surface area (Å²) in [7, 11) is 0. The number of rotatable bonds is 1. The summed E-state index contributed by atoms with van der Waals surface area (Å²) >= 11 is 6.39. The molecule has 0 saturated carbocycles. The molecule has 0 aliphatic carbocycles. The molecule has 2 aliphatic rings. The zero-order chi connectivity index (χ0) is 13.0. The first-order valence-electron chi connectivity index (χ1n) is 5.65. The van der Waals surface area contributed by atoms with Gasteiger partial charge in [-0.2, -0.15) is 0 Å². The number of halogens is 1. The molecule has 0 radical (unpaired) electrons. The van der Waals surface area contributed by atoms with Crippen LogP contribution in [0.1, 0.15) is 13.8 Å². The van der Waals surface area contributed by atoms with Gasteiger partial charge in [-0.3, -0.25) is 0 Å². The van der Waals surface area contributed by atoms with E-state index in [4.69, 9.17) is 24.8 Å². The van der Waals surface area contributed by atoms with Crippen molar-refractivity contribution in [3.8, 4) is 11.5 Å². The molecule has 0 aromatic heterocycles. The Balaban J connectivity index is 1.97. The zero-order valence-electron chi connectivity index (χ0n) is 9.92. The van der Waals surface area contributed by atoms with E-state index in [1.54, 1.807) is 24.3 Å². The molecule has 2 heterocycles. The van der Waals surface area contributed by atoms with Gasteiger partial charge in [-0.25, -0.2) is 0 Å². The van der Waals surface area contributed by atoms with Crippen LogP contribution in [0.5, 0.6) is 11.5 Å². The minimum absolute atomic E-state index is 0.0358. The molecule has 7 heteroatoms. The van der Waals surface area contributed by atoms with Crippen molar-refractivity contribution in [3.05, 3.63) is 24.3 Å². The van der Waals surface area contributed by atoms with Gasteiger partial charge < -0.3 is 0 Å². The van der Waals surface area contributed by atoms with Gasteiger partial charge in [0.2, 0.25) is 0 Å². The molecule has 1 atom stereocenters. The van der Waals surface area contributed by atoms with Crippen LogP contribution in [-0.2, 0) is 9.32 Å². The summed E-state index contributed by atoms with van der Waals surface area (Å²) in [5.41, 5.74) is 0. The van der Waals surface area contributed by atoms with Crippen molar-refractivity contribution in [2.24, 2.45) is 5.92 Å². The van der Waals surface area contributed by atoms with Crippen molar-refractivity contribution < 1.29 is 18.4 Å². The van der Waals surface area contributed by atoms with E-state index in [-0.39, 0.29) is 5.92 Å². The Hall–Kier alpha value is -1.03. The summed E-state index contributed by atoms with van der Waals surface area (Å²) in [6.07, 6.45) is 0. The van der Waals surface area contributed by atoms with Crippen molar-refractivity contribution in [2.75, 3.05) is 0 Å². The standard InChI is InChI=1S/C11H13ClNO4P/c1-7(2)10-11(14)17-18(12,13-10)15-8-5-3-4-6-9(8)16-18/h3-7,10,13H,1-2H3/t10-/m0/s1. The second-order valence-corrected chi connectivity index (χ2v) is 8.81. The van der Waals surface area contributed by atoms with Crippen molar-refractivity contribution in [2.45, 2.75) is 19.9 Å². The summed E-state index contributed by atoms with van der Waals surface area (Å²) in [5.74, 6) is 0.559. The molecule has 1 spiro atoms. The fourth-order valence-corrected chi connectivity index (χ4v) is 5.45. The normalized spacial score (nSPS) is 29.0. The van der Waals surface area contributed by atoms with Crippen LogP contribution < -0.4 is 14.1 Å². The van der Waals surface area contributed by atoms with Crippen LogP contribution in [0.25, 0.3) is 0 Å². The average Bonchev–Trinajstić information content (AvgIpc) is 2.72. The second kappa shape index (κ2) is 3.50. The molecule has 1 aromatic rings. The van der Waals surface area contributed by atoms with Gasteiger partial charge in [0.25, 0.3) is 0 Å². The van der Waals surface area contributed by atoms with Crippen LogP contribution in [0, 0.1) is 5.92 Å². The predicted molar refractivity (Wildman–Crippen MR) is 68.3 cm³/mol. The zero-order valence-corrected chi connectivity index (χ0v) is 11.6. The maximum atomic E-state index is 11.8. The van der Waals surface area contributed by atoms with Crippen molar-refractivity contribution >= 4 is 24.0 Å². The number of hydrogen-bond donors (Lipinski definition) is 1. The Morgan fingerprint density at radius 1 is 1.22 bits per heavy atom. The Labute approximate surface area is 109 Å². The Kier molecular flexibility index (Phi) is 2.34. The summed E-state index contributed by atoms with van der Waals surface area (Å²) < 4.78 is 16.5. The van der Waals surface area contributed by atoms with Gasteiger partial charge in [-0.15, -0.1) is 0 Å². The molecule has 18 heavy (non-hydrogen) atoms. The van der Waals surface area contributed by atoms with Gasteiger partial charge in [-0.1, -0.05) is 0 Å². The molecule has 1 N–H and O–H groups in total. The summed E-state index contributed by atoms with van der Waals surface area (Å²) in [6.45, 7) is -0.279. The quantitative estimate of drug-likeness (QED) is 0.806. The minimum atomic E-state index is -4.07. The second-order valence-electron chi connectivity index (χ2n) is 4.68. The van der Waals surface area contributed by atoms with Crippen molar-refractivity contribution in [1.29, 1.82) is 0 Å². The molecule has 1 aromatic carbocycles. The van der Waals surface area contributed by atoms with E-state index in [2.05, 4.69) is 5.09 Å². The van der Waals surface area contributed by atoms with Crippen LogP contribution in [0.3, 0.4) is 0 Å². The van der Waals surface area contributed by atoms with Gasteiger partial charge in [0.1, 0.15) is 0 Å². The van der Waals surface area contributed by atoms with Crippen molar-refractivity contribution in [1.82, 2.24) is 5.09 Å². The SMILES string of the molecule is CC(C)[C@@H]1NP2(Cl)(OC1=O)Oc1ccccc1O2. The number of benzene rings is 1. The van der Waals surface area contributed by atoms with Gasteiger partial charge >= 0.3 is 109 Å². The molecule has 3 rings (SSSR count). The molecule has 2 aliphatic heterocycles. The molecule has 0 amide bonds. The van der Waals surface area contributed by atoms with E-state index in [0.29, 0.717) is 11.5 Å². The van der Waals surface area contributed by atoms with Gasteiger partial charge in [0.05, 0.1) is 0 Å². The van der Waals surface area contributed by atoms with Crippen LogP contribution >= 0.6 is 18.0 Å². The predicted octanol–water partition coefficient (Wildman–Crippen LogP) is 3.00. The van der Waals surface area contributed by atoms with E-state index in [1.165, 1.54) is 0 Å². The Morgan fingerprint density at radius 3 is 2.22 bits per heavy atom. The molecule has 1 saturated heterocycles. The van der Waals surface area contributed by atoms with Crippen LogP contribution in [0.2, 0.25) is 0 Å². The molecular weight excluding hydrogens is 277 g/mol. The fourth-order valence-electron chi connectivity index (χ4n) is 1.98. The molecule has 5 nitrogen and oxygen atoms in total.